The fraction of sp³-hybridized carbons (Fsp3) is 0.618. The van der Waals surface area contributed by atoms with Gasteiger partial charge in [-0.25, -0.2) is 0 Å². The molecule has 3 heterocycles. The molecule has 3 aliphatic rings. The van der Waals surface area contributed by atoms with Crippen molar-refractivity contribution in [1.82, 2.24) is 9.80 Å². The second-order valence-corrected chi connectivity index (χ2v) is 14.0. The molecule has 3 saturated heterocycles. The van der Waals surface area contributed by atoms with Crippen molar-refractivity contribution in [1.29, 1.82) is 0 Å². The number of fused-ring (bicyclic) bond motifs is 1. The zero-order valence-corrected chi connectivity index (χ0v) is 26.9. The molecule has 8 nitrogen and oxygen atoms in total. The Labute approximate surface area is 261 Å². The molecule has 0 aliphatic carbocycles. The summed E-state index contributed by atoms with van der Waals surface area (Å²) in [6.07, 6.45) is 8.90. The summed E-state index contributed by atoms with van der Waals surface area (Å²) in [6, 6.07) is 6.84. The first-order valence-corrected chi connectivity index (χ1v) is 16.7. The highest BCUT2D eigenvalue weighted by atomic mass is 32.2. The fourth-order valence-electron chi connectivity index (χ4n) is 7.37. The minimum atomic E-state index is -0.662. The number of anilines is 1. The Balaban J connectivity index is 1.73. The van der Waals surface area contributed by atoms with Gasteiger partial charge < -0.3 is 24.5 Å². The SMILES string of the molecule is C=CCN(CCCC)C(=O)C1N(CCCCCO)C(=O)[C@@H]2[C@@H](C(=O)N(CC=C)c3ccc(OCC)cc3)[C@@]3(C)CCC12S3. The minimum Gasteiger partial charge on any atom is -0.494 e. The lowest BCUT2D eigenvalue weighted by Crippen LogP contribution is -2.55. The summed E-state index contributed by atoms with van der Waals surface area (Å²) < 4.78 is 4.48. The Hall–Kier alpha value is -2.78. The summed E-state index contributed by atoms with van der Waals surface area (Å²) >= 11 is 1.71. The number of aliphatic hydroxyl groups is 1. The van der Waals surface area contributed by atoms with Crippen LogP contribution in [0.4, 0.5) is 5.69 Å². The van der Waals surface area contributed by atoms with Crippen molar-refractivity contribution in [2.24, 2.45) is 11.8 Å². The molecule has 5 atom stereocenters. The normalized spacial score (nSPS) is 27.2. The van der Waals surface area contributed by atoms with Gasteiger partial charge in [0.15, 0.2) is 0 Å². The number of unbranched alkanes of at least 4 members (excludes halogenated alkanes) is 3. The van der Waals surface area contributed by atoms with Gasteiger partial charge in [0.25, 0.3) is 0 Å². The first-order chi connectivity index (χ1) is 20.7. The molecule has 4 rings (SSSR count). The number of hydrogen-bond donors (Lipinski definition) is 1. The number of hydrogen-bond acceptors (Lipinski definition) is 6. The van der Waals surface area contributed by atoms with E-state index in [1.165, 1.54) is 0 Å². The molecule has 9 heteroatoms. The lowest BCUT2D eigenvalue weighted by molar-refractivity contribution is -0.143. The quantitative estimate of drug-likeness (QED) is 0.196. The zero-order chi connectivity index (χ0) is 31.2. The van der Waals surface area contributed by atoms with Crippen LogP contribution in [0.5, 0.6) is 5.75 Å². The Kier molecular flexibility index (Phi) is 11.0. The molecule has 2 bridgehead atoms. The first-order valence-electron chi connectivity index (χ1n) is 15.9. The van der Waals surface area contributed by atoms with Crippen molar-refractivity contribution in [2.45, 2.75) is 81.3 Å². The maximum atomic E-state index is 14.6. The van der Waals surface area contributed by atoms with Gasteiger partial charge in [0.05, 0.1) is 23.2 Å². The highest BCUT2D eigenvalue weighted by Gasteiger charge is 2.77. The van der Waals surface area contributed by atoms with Crippen LogP contribution in [0, 0.1) is 11.8 Å². The van der Waals surface area contributed by atoms with Crippen LogP contribution < -0.4 is 9.64 Å². The van der Waals surface area contributed by atoms with Crippen LogP contribution in [0.25, 0.3) is 0 Å². The number of benzene rings is 1. The summed E-state index contributed by atoms with van der Waals surface area (Å²) in [4.78, 5) is 48.9. The van der Waals surface area contributed by atoms with Gasteiger partial charge in [-0.1, -0.05) is 25.5 Å². The van der Waals surface area contributed by atoms with Gasteiger partial charge in [0.2, 0.25) is 17.7 Å². The van der Waals surface area contributed by atoms with Crippen molar-refractivity contribution in [3.8, 4) is 5.75 Å². The molecule has 0 radical (unpaired) electrons. The molecule has 1 aromatic rings. The fourth-order valence-corrected chi connectivity index (χ4v) is 9.71. The molecule has 3 fully saturated rings. The smallest absolute Gasteiger partial charge is 0.247 e. The lowest BCUT2D eigenvalue weighted by atomic mass is 9.66. The lowest BCUT2D eigenvalue weighted by Gasteiger charge is -2.38. The van der Waals surface area contributed by atoms with E-state index in [-0.39, 0.29) is 24.3 Å². The van der Waals surface area contributed by atoms with Gasteiger partial charge in [-0.05, 0) is 76.6 Å². The highest BCUT2D eigenvalue weighted by molar-refractivity contribution is 8.02. The number of amides is 3. The first kappa shape index (κ1) is 33.1. The standard InChI is InChI=1S/C34H49N3O5S/c1-6-10-22-35(20-7-2)32(41)29-34-19-18-33(5,43-34)27(28(34)31(40)37(29)23-12-11-13-24-38)30(39)36(21-8-3)25-14-16-26(17-15-25)42-9-4/h7-8,14-17,27-29,38H,2-3,6,9-13,18-24H2,1,4-5H3/t27-,28-,29?,33+,34?/m0/s1. The summed E-state index contributed by atoms with van der Waals surface area (Å²) in [5, 5.41) is 9.33. The van der Waals surface area contributed by atoms with Gasteiger partial charge in [0.1, 0.15) is 11.8 Å². The average Bonchev–Trinajstić information content (AvgIpc) is 3.56. The predicted molar refractivity (Wildman–Crippen MR) is 173 cm³/mol. The molecule has 2 unspecified atom stereocenters. The van der Waals surface area contributed by atoms with Crippen LogP contribution in [-0.4, -0.2) is 87.6 Å². The Morgan fingerprint density at radius 3 is 2.42 bits per heavy atom. The molecule has 1 N–H and O–H groups in total. The van der Waals surface area contributed by atoms with Crippen molar-refractivity contribution in [2.75, 3.05) is 44.3 Å². The van der Waals surface area contributed by atoms with Gasteiger partial charge in [-0.15, -0.1) is 24.9 Å². The van der Waals surface area contributed by atoms with Gasteiger partial charge in [-0.3, -0.25) is 14.4 Å². The van der Waals surface area contributed by atoms with Gasteiger partial charge in [-0.2, -0.15) is 0 Å². The van der Waals surface area contributed by atoms with E-state index in [0.717, 1.165) is 43.5 Å². The van der Waals surface area contributed by atoms with Crippen molar-refractivity contribution < 1.29 is 24.2 Å². The molecule has 1 spiro atoms. The third kappa shape index (κ3) is 6.25. The van der Waals surface area contributed by atoms with Crippen LogP contribution in [-0.2, 0) is 14.4 Å². The number of aliphatic hydroxyl groups excluding tert-OH is 1. The van der Waals surface area contributed by atoms with Crippen LogP contribution in [0.1, 0.15) is 65.7 Å². The molecule has 3 aliphatic heterocycles. The molecular weight excluding hydrogens is 562 g/mol. The molecular formula is C34H49N3O5S. The van der Waals surface area contributed by atoms with Crippen LogP contribution in [0.2, 0.25) is 0 Å². The van der Waals surface area contributed by atoms with Crippen LogP contribution >= 0.6 is 11.8 Å². The second-order valence-electron chi connectivity index (χ2n) is 12.1. The van der Waals surface area contributed by atoms with E-state index in [2.05, 4.69) is 27.0 Å². The van der Waals surface area contributed by atoms with Gasteiger partial charge in [0, 0.05) is 43.2 Å². The number of ether oxygens (including phenoxy) is 1. The maximum absolute atomic E-state index is 14.6. The van der Waals surface area contributed by atoms with E-state index in [1.807, 2.05) is 36.1 Å². The summed E-state index contributed by atoms with van der Waals surface area (Å²) in [6.45, 7) is 16.4. The Morgan fingerprint density at radius 1 is 1.07 bits per heavy atom. The van der Waals surface area contributed by atoms with E-state index >= 15 is 0 Å². The molecule has 236 valence electrons. The molecule has 0 saturated carbocycles. The van der Waals surface area contributed by atoms with E-state index in [1.54, 1.807) is 33.7 Å². The van der Waals surface area contributed by atoms with Crippen molar-refractivity contribution in [3.63, 3.8) is 0 Å². The molecule has 0 aromatic heterocycles. The zero-order valence-electron chi connectivity index (χ0n) is 26.1. The highest BCUT2D eigenvalue weighted by Crippen LogP contribution is 2.71. The molecule has 3 amide bonds. The largest absolute Gasteiger partial charge is 0.494 e. The molecule has 43 heavy (non-hydrogen) atoms. The van der Waals surface area contributed by atoms with Crippen LogP contribution in [0.3, 0.4) is 0 Å². The third-order valence-corrected chi connectivity index (χ3v) is 11.3. The minimum absolute atomic E-state index is 0.0364. The monoisotopic (exact) mass is 611 g/mol. The second kappa shape index (κ2) is 14.3. The van der Waals surface area contributed by atoms with E-state index in [4.69, 9.17) is 4.74 Å². The number of thioether (sulfide) groups is 1. The van der Waals surface area contributed by atoms with E-state index in [0.29, 0.717) is 45.6 Å². The van der Waals surface area contributed by atoms with E-state index in [9.17, 15) is 19.5 Å². The predicted octanol–water partition coefficient (Wildman–Crippen LogP) is 5.06. The number of carbonyl (C=O) groups excluding carboxylic acids is 3. The van der Waals surface area contributed by atoms with Crippen molar-refractivity contribution >= 4 is 35.2 Å². The maximum Gasteiger partial charge on any atom is 0.247 e. The topological polar surface area (TPSA) is 90.4 Å². The molecule has 1 aromatic carbocycles. The average molecular weight is 612 g/mol. The number of nitrogens with zero attached hydrogens (tertiary/aromatic N) is 3. The summed E-state index contributed by atoms with van der Waals surface area (Å²) in [5.41, 5.74) is 0.731. The van der Waals surface area contributed by atoms with Gasteiger partial charge >= 0.3 is 0 Å². The van der Waals surface area contributed by atoms with E-state index < -0.39 is 27.4 Å². The Morgan fingerprint density at radius 2 is 1.79 bits per heavy atom. The Bertz CT molecular complexity index is 1180. The summed E-state index contributed by atoms with van der Waals surface area (Å²) in [7, 11) is 0. The van der Waals surface area contributed by atoms with Crippen molar-refractivity contribution in [3.05, 3.63) is 49.6 Å². The third-order valence-electron chi connectivity index (χ3n) is 9.31. The number of carbonyl (C=O) groups is 3. The number of likely N-dealkylation sites (tertiary alicyclic amines) is 1. The number of rotatable bonds is 17. The summed E-state index contributed by atoms with van der Waals surface area (Å²) in [5.74, 6) is -0.633. The van der Waals surface area contributed by atoms with Crippen LogP contribution in [0.15, 0.2) is 49.6 Å².